The molecule has 0 aliphatic heterocycles. The molecule has 19 heavy (non-hydrogen) atoms. The van der Waals surface area contributed by atoms with Crippen LogP contribution in [-0.4, -0.2) is 32.2 Å². The van der Waals surface area contributed by atoms with E-state index in [4.69, 9.17) is 0 Å². The molecular formula is C14H21N5. The Kier molecular flexibility index (Phi) is 3.46. The van der Waals surface area contributed by atoms with E-state index in [-0.39, 0.29) is 0 Å². The van der Waals surface area contributed by atoms with Crippen LogP contribution < -0.4 is 5.32 Å². The molecule has 1 atom stereocenters. The Morgan fingerprint density at radius 1 is 1.42 bits per heavy atom. The Bertz CT molecular complexity index is 558. The molecule has 1 N–H and O–H groups in total. The van der Waals surface area contributed by atoms with Crippen molar-refractivity contribution in [1.82, 2.24) is 24.9 Å². The zero-order valence-electron chi connectivity index (χ0n) is 11.6. The molecule has 0 amide bonds. The van der Waals surface area contributed by atoms with Crippen molar-refractivity contribution in [1.29, 1.82) is 0 Å². The van der Waals surface area contributed by atoms with E-state index in [9.17, 15) is 0 Å². The maximum Gasteiger partial charge on any atom is 0.182 e. The summed E-state index contributed by atoms with van der Waals surface area (Å²) in [5, 5.41) is 12.0. The van der Waals surface area contributed by atoms with Crippen molar-refractivity contribution in [2.24, 2.45) is 5.92 Å². The molecule has 0 bridgehead atoms. The van der Waals surface area contributed by atoms with Gasteiger partial charge >= 0.3 is 0 Å². The fourth-order valence-corrected chi connectivity index (χ4v) is 2.58. The van der Waals surface area contributed by atoms with Gasteiger partial charge in [0.05, 0.1) is 5.69 Å². The molecule has 1 saturated carbocycles. The van der Waals surface area contributed by atoms with Crippen molar-refractivity contribution < 1.29 is 0 Å². The number of rotatable bonds is 6. The lowest BCUT2D eigenvalue weighted by atomic mass is 10.1. The molecule has 0 saturated heterocycles. The lowest BCUT2D eigenvalue weighted by Crippen LogP contribution is -2.34. The first-order valence-corrected chi connectivity index (χ1v) is 7.18. The average molecular weight is 259 g/mol. The van der Waals surface area contributed by atoms with Gasteiger partial charge in [-0.25, -0.2) is 0 Å². The van der Waals surface area contributed by atoms with Crippen LogP contribution in [0.3, 0.4) is 0 Å². The molecular weight excluding hydrogens is 238 g/mol. The van der Waals surface area contributed by atoms with Crippen molar-refractivity contribution in [3.63, 3.8) is 0 Å². The highest BCUT2D eigenvalue weighted by atomic mass is 15.2. The molecule has 5 nitrogen and oxygen atoms in total. The van der Waals surface area contributed by atoms with Crippen LogP contribution in [0.1, 0.15) is 37.7 Å². The van der Waals surface area contributed by atoms with E-state index in [2.05, 4.69) is 27.4 Å². The monoisotopic (exact) mass is 259 g/mol. The fraction of sp³-hybridized carbons (Fsp3) is 0.643. The predicted octanol–water partition coefficient (Wildman–Crippen LogP) is 1.75. The van der Waals surface area contributed by atoms with Crippen LogP contribution in [-0.2, 0) is 6.42 Å². The van der Waals surface area contributed by atoms with Gasteiger partial charge in [0.15, 0.2) is 5.65 Å². The molecule has 102 valence electrons. The van der Waals surface area contributed by atoms with E-state index < -0.39 is 0 Å². The minimum Gasteiger partial charge on any atom is -0.313 e. The molecule has 1 fully saturated rings. The summed E-state index contributed by atoms with van der Waals surface area (Å²) in [5.41, 5.74) is 1.97. The smallest absolute Gasteiger partial charge is 0.182 e. The van der Waals surface area contributed by atoms with Crippen molar-refractivity contribution in [3.8, 4) is 0 Å². The summed E-state index contributed by atoms with van der Waals surface area (Å²) in [6, 6.07) is 0.538. The van der Waals surface area contributed by atoms with Crippen LogP contribution in [0, 0.1) is 12.8 Å². The van der Waals surface area contributed by atoms with Gasteiger partial charge in [0, 0.05) is 24.9 Å². The van der Waals surface area contributed by atoms with Crippen LogP contribution in [0.2, 0.25) is 0 Å². The third-order valence-electron chi connectivity index (χ3n) is 3.83. The Hall–Kier alpha value is -1.49. The number of hydrogen-bond donors (Lipinski definition) is 1. The molecule has 2 aromatic rings. The normalized spacial score (nSPS) is 16.9. The van der Waals surface area contributed by atoms with Gasteiger partial charge in [-0.15, -0.1) is 10.2 Å². The van der Waals surface area contributed by atoms with Gasteiger partial charge in [0.2, 0.25) is 0 Å². The first-order valence-electron chi connectivity index (χ1n) is 7.18. The molecule has 0 spiro atoms. The molecule has 1 unspecified atom stereocenters. The summed E-state index contributed by atoms with van der Waals surface area (Å²) in [5.74, 6) is 1.74. The van der Waals surface area contributed by atoms with Crippen LogP contribution in [0.25, 0.3) is 5.65 Å². The number of aromatic nitrogens is 4. The van der Waals surface area contributed by atoms with Crippen molar-refractivity contribution in [2.45, 2.75) is 45.6 Å². The van der Waals surface area contributed by atoms with Crippen LogP contribution in [0.4, 0.5) is 0 Å². The topological polar surface area (TPSA) is 55.1 Å². The minimum atomic E-state index is 0.538. The summed E-state index contributed by atoms with van der Waals surface area (Å²) in [6.07, 6.45) is 8.59. The van der Waals surface area contributed by atoms with Crippen molar-refractivity contribution in [2.75, 3.05) is 6.54 Å². The van der Waals surface area contributed by atoms with E-state index in [1.165, 1.54) is 19.3 Å². The largest absolute Gasteiger partial charge is 0.313 e. The van der Waals surface area contributed by atoms with E-state index in [1.54, 1.807) is 0 Å². The average Bonchev–Trinajstić information content (AvgIpc) is 3.20. The number of aryl methyl sites for hydroxylation is 1. The molecule has 1 aliphatic carbocycles. The molecule has 0 aromatic carbocycles. The maximum absolute atomic E-state index is 4.51. The van der Waals surface area contributed by atoms with E-state index >= 15 is 0 Å². The Morgan fingerprint density at radius 2 is 2.26 bits per heavy atom. The maximum atomic E-state index is 4.51. The first-order chi connectivity index (χ1) is 9.29. The second-order valence-corrected chi connectivity index (χ2v) is 5.42. The van der Waals surface area contributed by atoms with Gasteiger partial charge in [-0.1, -0.05) is 6.92 Å². The highest BCUT2D eigenvalue weighted by molar-refractivity contribution is 5.43. The zero-order chi connectivity index (χ0) is 13.2. The van der Waals surface area contributed by atoms with Crippen molar-refractivity contribution >= 4 is 5.65 Å². The summed E-state index contributed by atoms with van der Waals surface area (Å²) in [7, 11) is 0. The lowest BCUT2D eigenvalue weighted by molar-refractivity contribution is 0.456. The van der Waals surface area contributed by atoms with Crippen LogP contribution in [0.5, 0.6) is 0 Å². The van der Waals surface area contributed by atoms with E-state index in [0.717, 1.165) is 36.0 Å². The number of nitrogens with zero attached hydrogens (tertiary/aromatic N) is 4. The summed E-state index contributed by atoms with van der Waals surface area (Å²) in [6.45, 7) is 5.26. The minimum absolute atomic E-state index is 0.538. The van der Waals surface area contributed by atoms with E-state index in [0.29, 0.717) is 6.04 Å². The summed E-state index contributed by atoms with van der Waals surface area (Å²) < 4.78 is 2.02. The second-order valence-electron chi connectivity index (χ2n) is 5.42. The number of fused-ring (bicyclic) bond motifs is 1. The Balaban J connectivity index is 1.82. The van der Waals surface area contributed by atoms with E-state index in [1.807, 2.05) is 23.7 Å². The molecule has 3 rings (SSSR count). The van der Waals surface area contributed by atoms with Crippen molar-refractivity contribution in [3.05, 3.63) is 23.9 Å². The first kappa shape index (κ1) is 12.5. The summed E-state index contributed by atoms with van der Waals surface area (Å²) in [4.78, 5) is 4.51. The van der Waals surface area contributed by atoms with Gasteiger partial charge in [-0.3, -0.25) is 9.38 Å². The Morgan fingerprint density at radius 3 is 3.00 bits per heavy atom. The highest BCUT2D eigenvalue weighted by Crippen LogP contribution is 2.34. The van der Waals surface area contributed by atoms with Gasteiger partial charge < -0.3 is 5.32 Å². The molecule has 2 aromatic heterocycles. The number of nitrogens with one attached hydrogen (secondary N) is 1. The lowest BCUT2D eigenvalue weighted by Gasteiger charge is -2.17. The quantitative estimate of drug-likeness (QED) is 0.858. The predicted molar refractivity (Wildman–Crippen MR) is 74.0 cm³/mol. The van der Waals surface area contributed by atoms with Gasteiger partial charge in [-0.2, -0.15) is 0 Å². The summed E-state index contributed by atoms with van der Waals surface area (Å²) >= 11 is 0. The van der Waals surface area contributed by atoms with Crippen LogP contribution in [0.15, 0.2) is 12.4 Å². The molecule has 5 heteroatoms. The highest BCUT2D eigenvalue weighted by Gasteiger charge is 2.31. The zero-order valence-corrected chi connectivity index (χ0v) is 11.6. The van der Waals surface area contributed by atoms with Gasteiger partial charge in [0.1, 0.15) is 5.82 Å². The van der Waals surface area contributed by atoms with Crippen LogP contribution >= 0.6 is 0 Å². The molecule has 1 aliphatic rings. The Labute approximate surface area is 113 Å². The molecule has 2 heterocycles. The SMILES string of the molecule is CCCNC(Cc1nccn2c(C)nnc12)C1CC1. The third-order valence-corrected chi connectivity index (χ3v) is 3.83. The fourth-order valence-electron chi connectivity index (χ4n) is 2.58. The standard InChI is InChI=1S/C14H21N5/c1-3-6-15-12(11-4-5-11)9-13-14-18-17-10(2)19(14)8-7-16-13/h7-8,11-12,15H,3-6,9H2,1-2H3. The number of hydrogen-bond acceptors (Lipinski definition) is 4. The second kappa shape index (κ2) is 5.25. The van der Waals surface area contributed by atoms with Gasteiger partial charge in [-0.05, 0) is 38.6 Å². The molecule has 0 radical (unpaired) electrons. The third kappa shape index (κ3) is 2.61. The van der Waals surface area contributed by atoms with Gasteiger partial charge in [0.25, 0.3) is 0 Å².